The highest BCUT2D eigenvalue weighted by Crippen LogP contribution is 2.21. The highest BCUT2D eigenvalue weighted by molar-refractivity contribution is 5.94. The number of aliphatic hydroxyl groups is 1. The Bertz CT molecular complexity index is 710. The minimum Gasteiger partial charge on any atom is -0.388 e. The molecular formula is C23H30N2O3. The fraction of sp³-hybridized carbons (Fsp3) is 0.478. The van der Waals surface area contributed by atoms with Crippen LogP contribution in [0.2, 0.25) is 0 Å². The number of piperidine rings is 2. The van der Waals surface area contributed by atoms with Gasteiger partial charge in [-0.3, -0.25) is 9.59 Å². The van der Waals surface area contributed by atoms with Gasteiger partial charge in [-0.2, -0.15) is 0 Å². The minimum atomic E-state index is -0.477. The summed E-state index contributed by atoms with van der Waals surface area (Å²) in [6.07, 6.45) is 12.7. The molecule has 5 heteroatoms. The van der Waals surface area contributed by atoms with E-state index in [1.807, 2.05) is 35.2 Å². The van der Waals surface area contributed by atoms with Gasteiger partial charge in [-0.15, -0.1) is 0 Å². The third-order valence-electron chi connectivity index (χ3n) is 5.66. The van der Waals surface area contributed by atoms with Crippen molar-refractivity contribution < 1.29 is 14.7 Å². The molecule has 1 N–H and O–H groups in total. The molecule has 3 rings (SSSR count). The third kappa shape index (κ3) is 5.88. The summed E-state index contributed by atoms with van der Waals surface area (Å²) in [4.78, 5) is 28.2. The van der Waals surface area contributed by atoms with Crippen LogP contribution in [0.3, 0.4) is 0 Å². The molecule has 0 saturated carbocycles. The van der Waals surface area contributed by atoms with Gasteiger partial charge in [0.05, 0.1) is 0 Å². The van der Waals surface area contributed by atoms with Gasteiger partial charge in [0.2, 0.25) is 5.91 Å². The summed E-state index contributed by atoms with van der Waals surface area (Å²) in [7, 11) is 0. The monoisotopic (exact) mass is 382 g/mol. The highest BCUT2D eigenvalue weighted by atomic mass is 16.3. The molecule has 150 valence electrons. The normalized spacial score (nSPS) is 19.5. The Morgan fingerprint density at radius 1 is 0.893 bits per heavy atom. The van der Waals surface area contributed by atoms with Crippen LogP contribution in [-0.2, 0) is 9.59 Å². The summed E-state index contributed by atoms with van der Waals surface area (Å²) in [5.74, 6) is -0.242. The van der Waals surface area contributed by atoms with Gasteiger partial charge in [0.1, 0.15) is 6.61 Å². The molecule has 0 aromatic heterocycles. The van der Waals surface area contributed by atoms with E-state index in [4.69, 9.17) is 5.11 Å². The van der Waals surface area contributed by atoms with Gasteiger partial charge in [-0.25, -0.2) is 0 Å². The Morgan fingerprint density at radius 3 is 2.04 bits per heavy atom. The Morgan fingerprint density at radius 2 is 1.46 bits per heavy atom. The van der Waals surface area contributed by atoms with Gasteiger partial charge in [0.15, 0.2) is 5.78 Å². The quantitative estimate of drug-likeness (QED) is 0.769. The molecule has 0 spiro atoms. The molecule has 0 radical (unpaired) electrons. The van der Waals surface area contributed by atoms with E-state index in [-0.39, 0.29) is 11.7 Å². The molecule has 1 amide bonds. The van der Waals surface area contributed by atoms with Gasteiger partial charge in [0.25, 0.3) is 0 Å². The van der Waals surface area contributed by atoms with Crippen LogP contribution in [0.4, 0.5) is 0 Å². The molecule has 5 nitrogen and oxygen atoms in total. The van der Waals surface area contributed by atoms with Crippen LogP contribution in [0.15, 0.2) is 36.4 Å². The van der Waals surface area contributed by atoms with E-state index >= 15 is 0 Å². The van der Waals surface area contributed by atoms with Crippen LogP contribution in [0.25, 0.3) is 12.2 Å². The Balaban J connectivity index is 1.47. The van der Waals surface area contributed by atoms with Crippen LogP contribution < -0.4 is 0 Å². The van der Waals surface area contributed by atoms with Crippen molar-refractivity contribution in [3.8, 4) is 0 Å². The number of carbonyl (C=O) groups excluding carboxylic acids is 2. The van der Waals surface area contributed by atoms with E-state index < -0.39 is 6.61 Å². The molecule has 2 heterocycles. The number of nitrogens with zero attached hydrogens (tertiary/aromatic N) is 2. The largest absolute Gasteiger partial charge is 0.388 e. The van der Waals surface area contributed by atoms with Gasteiger partial charge in [-0.05, 0) is 62.1 Å². The number of rotatable bonds is 6. The lowest BCUT2D eigenvalue weighted by Crippen LogP contribution is -2.47. The Hall–Kier alpha value is -2.24. The van der Waals surface area contributed by atoms with E-state index in [0.29, 0.717) is 6.04 Å². The van der Waals surface area contributed by atoms with Crippen molar-refractivity contribution in [1.82, 2.24) is 9.80 Å². The first kappa shape index (κ1) is 20.5. The van der Waals surface area contributed by atoms with Gasteiger partial charge in [-0.1, -0.05) is 36.8 Å². The average Bonchev–Trinajstić information content (AvgIpc) is 2.77. The van der Waals surface area contributed by atoms with Crippen molar-refractivity contribution in [3.05, 3.63) is 47.5 Å². The maximum absolute atomic E-state index is 12.5. The standard InChI is InChI=1S/C23H30N2O3/c26-18-22(27)10-8-19-4-6-20(7-5-19)9-11-23(28)25-16-12-21(13-17-25)24-14-2-1-3-15-24/h4-11,21,26H,1-3,12-18H2/b10-8+,11-9+. The van der Waals surface area contributed by atoms with E-state index in [1.165, 1.54) is 38.4 Å². The number of likely N-dealkylation sites (tertiary alicyclic amines) is 2. The van der Waals surface area contributed by atoms with Gasteiger partial charge in [0, 0.05) is 25.2 Å². The molecule has 2 fully saturated rings. The maximum Gasteiger partial charge on any atom is 0.246 e. The van der Waals surface area contributed by atoms with Gasteiger partial charge >= 0.3 is 0 Å². The van der Waals surface area contributed by atoms with Gasteiger partial charge < -0.3 is 14.9 Å². The smallest absolute Gasteiger partial charge is 0.246 e. The average molecular weight is 383 g/mol. The fourth-order valence-electron chi connectivity index (χ4n) is 3.97. The second kappa shape index (κ2) is 10.3. The number of ketones is 1. The number of carbonyl (C=O) groups is 2. The van der Waals surface area contributed by atoms with Crippen LogP contribution in [0.1, 0.15) is 43.2 Å². The SMILES string of the molecule is O=C(/C=C/c1ccc(/C=C/C(=O)N2CCC(N3CCCCC3)CC2)cc1)CO. The summed E-state index contributed by atoms with van der Waals surface area (Å²) in [5.41, 5.74) is 1.83. The van der Waals surface area contributed by atoms with Crippen molar-refractivity contribution >= 4 is 23.8 Å². The number of hydrogen-bond donors (Lipinski definition) is 1. The zero-order valence-corrected chi connectivity index (χ0v) is 16.4. The lowest BCUT2D eigenvalue weighted by Gasteiger charge is -2.40. The van der Waals surface area contributed by atoms with E-state index in [2.05, 4.69) is 4.90 Å². The molecule has 2 saturated heterocycles. The first-order chi connectivity index (χ1) is 13.7. The molecule has 0 unspecified atom stereocenters. The lowest BCUT2D eigenvalue weighted by molar-refractivity contribution is -0.127. The second-order valence-corrected chi connectivity index (χ2v) is 7.61. The van der Waals surface area contributed by atoms with Crippen molar-refractivity contribution in [3.63, 3.8) is 0 Å². The second-order valence-electron chi connectivity index (χ2n) is 7.61. The van der Waals surface area contributed by atoms with E-state index in [0.717, 1.165) is 37.1 Å². The van der Waals surface area contributed by atoms with Crippen molar-refractivity contribution in [2.75, 3.05) is 32.8 Å². The Kier molecular flexibility index (Phi) is 7.57. The predicted molar refractivity (Wildman–Crippen MR) is 112 cm³/mol. The maximum atomic E-state index is 12.5. The summed E-state index contributed by atoms with van der Waals surface area (Å²) >= 11 is 0. The highest BCUT2D eigenvalue weighted by Gasteiger charge is 2.26. The van der Waals surface area contributed by atoms with Crippen LogP contribution >= 0.6 is 0 Å². The number of amides is 1. The van der Waals surface area contributed by atoms with Crippen LogP contribution in [-0.4, -0.2) is 65.4 Å². The molecule has 1 aromatic rings. The summed E-state index contributed by atoms with van der Waals surface area (Å²) in [5, 5.41) is 8.72. The molecule has 0 atom stereocenters. The number of hydrogen-bond acceptors (Lipinski definition) is 4. The zero-order valence-electron chi connectivity index (χ0n) is 16.4. The fourth-order valence-corrected chi connectivity index (χ4v) is 3.97. The van der Waals surface area contributed by atoms with Crippen molar-refractivity contribution in [1.29, 1.82) is 0 Å². The number of aliphatic hydroxyl groups excluding tert-OH is 1. The first-order valence-electron chi connectivity index (χ1n) is 10.3. The minimum absolute atomic E-state index is 0.0783. The van der Waals surface area contributed by atoms with Crippen molar-refractivity contribution in [2.24, 2.45) is 0 Å². The van der Waals surface area contributed by atoms with Crippen LogP contribution in [0.5, 0.6) is 0 Å². The molecule has 28 heavy (non-hydrogen) atoms. The molecular weight excluding hydrogens is 352 g/mol. The lowest BCUT2D eigenvalue weighted by atomic mass is 10.00. The summed E-state index contributed by atoms with van der Waals surface area (Å²) in [6, 6.07) is 8.24. The van der Waals surface area contributed by atoms with E-state index in [1.54, 1.807) is 12.2 Å². The molecule has 0 aliphatic carbocycles. The summed E-state index contributed by atoms with van der Waals surface area (Å²) < 4.78 is 0. The molecule has 1 aromatic carbocycles. The van der Waals surface area contributed by atoms with Crippen LogP contribution in [0, 0.1) is 0 Å². The van der Waals surface area contributed by atoms with Crippen molar-refractivity contribution in [2.45, 2.75) is 38.1 Å². The topological polar surface area (TPSA) is 60.9 Å². The third-order valence-corrected chi connectivity index (χ3v) is 5.66. The Labute approximate surface area is 167 Å². The number of benzene rings is 1. The molecule has 2 aliphatic rings. The predicted octanol–water partition coefficient (Wildman–Crippen LogP) is 2.75. The summed E-state index contributed by atoms with van der Waals surface area (Å²) in [6.45, 7) is 3.64. The first-order valence-corrected chi connectivity index (χ1v) is 10.3. The van der Waals surface area contributed by atoms with E-state index in [9.17, 15) is 9.59 Å². The zero-order chi connectivity index (χ0) is 19.8. The molecule has 2 aliphatic heterocycles. The molecule has 0 bridgehead atoms.